The third-order valence-electron chi connectivity index (χ3n) is 13.3. The summed E-state index contributed by atoms with van der Waals surface area (Å²) in [5, 5.41) is 13.5. The predicted molar refractivity (Wildman–Crippen MR) is 218 cm³/mol. The number of likely N-dealkylation sites (tertiary alicyclic amines) is 2. The van der Waals surface area contributed by atoms with Gasteiger partial charge in [0, 0.05) is 42.2 Å². The summed E-state index contributed by atoms with van der Waals surface area (Å²) >= 11 is 6.42. The van der Waals surface area contributed by atoms with E-state index in [0.29, 0.717) is 46.7 Å². The molecule has 9 nitrogen and oxygen atoms in total. The highest BCUT2D eigenvalue weighted by Crippen LogP contribution is 2.65. The lowest BCUT2D eigenvalue weighted by molar-refractivity contribution is -0.144. The van der Waals surface area contributed by atoms with Crippen LogP contribution >= 0.6 is 11.6 Å². The van der Waals surface area contributed by atoms with Crippen LogP contribution in [0, 0.1) is 29.5 Å². The third kappa shape index (κ3) is 6.07. The number of nitrogens with zero attached hydrogens (tertiary/aromatic N) is 3. The number of imide groups is 2. The zero-order valence-corrected chi connectivity index (χ0v) is 32.7. The van der Waals surface area contributed by atoms with Gasteiger partial charge in [-0.1, -0.05) is 90.0 Å². The zero-order valence-electron chi connectivity index (χ0n) is 31.9. The lowest BCUT2D eigenvalue weighted by atomic mass is 9.49. The van der Waals surface area contributed by atoms with E-state index in [-0.39, 0.29) is 36.4 Å². The van der Waals surface area contributed by atoms with Gasteiger partial charge in [0.15, 0.2) is 0 Å². The minimum Gasteiger partial charge on any atom is -0.507 e. The Hall–Kier alpha value is -5.58. The van der Waals surface area contributed by atoms with Crippen molar-refractivity contribution in [1.82, 2.24) is 14.8 Å². The van der Waals surface area contributed by atoms with E-state index in [1.165, 1.54) is 34.7 Å². The summed E-state index contributed by atoms with van der Waals surface area (Å²) in [7, 11) is 0. The van der Waals surface area contributed by atoms with Crippen molar-refractivity contribution in [2.24, 2.45) is 23.7 Å². The lowest BCUT2D eigenvalue weighted by Crippen LogP contribution is -2.53. The fraction of sp³-hybridized carbons (Fsp3) is 0.319. The van der Waals surface area contributed by atoms with E-state index in [2.05, 4.69) is 29.0 Å². The summed E-state index contributed by atoms with van der Waals surface area (Å²) in [5.74, 6) is -5.80. The summed E-state index contributed by atoms with van der Waals surface area (Å²) in [6.45, 7) is 6.18. The normalized spacial score (nSPS) is 27.3. The van der Waals surface area contributed by atoms with Crippen LogP contribution in [0.3, 0.4) is 0 Å². The minimum absolute atomic E-state index is 0.0222. The number of allylic oxidation sites excluding steroid dienone is 3. The van der Waals surface area contributed by atoms with Crippen molar-refractivity contribution in [3.63, 3.8) is 0 Å². The van der Waals surface area contributed by atoms with Crippen molar-refractivity contribution < 1.29 is 28.7 Å². The summed E-state index contributed by atoms with van der Waals surface area (Å²) in [4.78, 5) is 63.5. The monoisotopic (exact) mass is 798 g/mol. The first-order chi connectivity index (χ1) is 28.1. The van der Waals surface area contributed by atoms with Crippen LogP contribution in [0.2, 0.25) is 5.02 Å². The Balaban J connectivity index is 1.13. The molecular weight excluding hydrogens is 755 g/mol. The number of fused-ring (bicyclic) bond motifs is 4. The number of phenolic OH excluding ortho intramolecular Hbond substituents is 1. The Bertz CT molecular complexity index is 2330. The molecule has 296 valence electrons. The average Bonchev–Trinajstić information content (AvgIpc) is 3.61. The van der Waals surface area contributed by atoms with Crippen LogP contribution in [0.5, 0.6) is 5.75 Å². The van der Waals surface area contributed by atoms with Crippen molar-refractivity contribution in [3.05, 3.63) is 154 Å². The van der Waals surface area contributed by atoms with Gasteiger partial charge in [0.25, 0.3) is 11.8 Å². The predicted octanol–water partition coefficient (Wildman–Crippen LogP) is 7.56. The van der Waals surface area contributed by atoms with Crippen LogP contribution in [0.4, 0.5) is 10.1 Å². The van der Waals surface area contributed by atoms with Gasteiger partial charge in [-0.3, -0.25) is 34.4 Å². The quantitative estimate of drug-likeness (QED) is 0.133. The van der Waals surface area contributed by atoms with Gasteiger partial charge in [0.2, 0.25) is 11.8 Å². The van der Waals surface area contributed by atoms with Gasteiger partial charge in [-0.25, -0.2) is 4.39 Å². The fourth-order valence-electron chi connectivity index (χ4n) is 10.7. The third-order valence-corrected chi connectivity index (χ3v) is 13.5. The number of hydrazine groups is 1. The number of anilines is 1. The molecule has 9 rings (SSSR count). The Morgan fingerprint density at radius 1 is 0.862 bits per heavy atom. The molecule has 0 aromatic heterocycles. The number of halogens is 2. The summed E-state index contributed by atoms with van der Waals surface area (Å²) in [6, 6.07) is 27.7. The van der Waals surface area contributed by atoms with Gasteiger partial charge in [0.05, 0.1) is 28.9 Å². The second kappa shape index (κ2) is 15.0. The molecule has 2 N–H and O–H groups in total. The molecule has 11 heteroatoms. The molecule has 4 fully saturated rings. The Labute approximate surface area is 341 Å². The highest BCUT2D eigenvalue weighted by molar-refractivity contribution is 6.30. The maximum absolute atomic E-state index is 15.4. The Morgan fingerprint density at radius 2 is 1.59 bits per heavy atom. The summed E-state index contributed by atoms with van der Waals surface area (Å²) < 4.78 is 14.0. The number of benzene rings is 4. The number of amides is 4. The van der Waals surface area contributed by atoms with Crippen LogP contribution in [0.25, 0.3) is 0 Å². The molecule has 4 amide bonds. The molecule has 0 spiro atoms. The van der Waals surface area contributed by atoms with Crippen molar-refractivity contribution in [3.8, 4) is 5.75 Å². The van der Waals surface area contributed by atoms with Crippen LogP contribution in [-0.2, 0) is 37.6 Å². The molecule has 4 aromatic carbocycles. The maximum Gasteiger partial charge on any atom is 0.260 e. The molecule has 1 saturated carbocycles. The maximum atomic E-state index is 15.4. The number of hydrogen-bond donors (Lipinski definition) is 2. The van der Waals surface area contributed by atoms with E-state index in [9.17, 15) is 23.9 Å². The van der Waals surface area contributed by atoms with Crippen molar-refractivity contribution in [2.75, 3.05) is 18.5 Å². The van der Waals surface area contributed by atoms with Crippen LogP contribution in [0.1, 0.15) is 53.9 Å². The first-order valence-corrected chi connectivity index (χ1v) is 20.4. The average molecular weight is 799 g/mol. The largest absolute Gasteiger partial charge is 0.507 e. The van der Waals surface area contributed by atoms with Crippen LogP contribution in [0.15, 0.2) is 121 Å². The molecule has 4 aromatic rings. The van der Waals surface area contributed by atoms with E-state index in [1.807, 2.05) is 30.3 Å². The molecule has 58 heavy (non-hydrogen) atoms. The highest BCUT2D eigenvalue weighted by Gasteiger charge is 2.71. The first-order valence-electron chi connectivity index (χ1n) is 20.0. The van der Waals surface area contributed by atoms with E-state index in [4.69, 9.17) is 11.6 Å². The van der Waals surface area contributed by atoms with Gasteiger partial charge in [-0.05, 0) is 91.1 Å². The molecule has 0 radical (unpaired) electrons. The topological polar surface area (TPSA) is 110 Å². The molecule has 2 aliphatic carbocycles. The number of para-hydroxylation sites is 1. The molecule has 6 atom stereocenters. The Morgan fingerprint density at radius 3 is 2.29 bits per heavy atom. The van der Waals surface area contributed by atoms with E-state index < -0.39 is 52.6 Å². The smallest absolute Gasteiger partial charge is 0.260 e. The summed E-state index contributed by atoms with van der Waals surface area (Å²) in [6.07, 6.45) is 5.78. The SMILES string of the molecule is C=CCc1cccc([C@H]2C3=CC[C@@H]4C(=O)N(C5CCN(Cc6ccccc6)CC5)C(=O)[C@@H]4[C@@H]3C[C@H]3C(=O)N(Nc4ccc(F)cc4)C(=O)[C@@]23c2ccc(Cl)cc2)c1O. The molecule has 5 aliphatic rings. The highest BCUT2D eigenvalue weighted by atomic mass is 35.5. The van der Waals surface area contributed by atoms with Crippen LogP contribution < -0.4 is 5.43 Å². The molecule has 0 unspecified atom stereocenters. The van der Waals surface area contributed by atoms with Crippen molar-refractivity contribution in [2.45, 2.75) is 56.0 Å². The van der Waals surface area contributed by atoms with Gasteiger partial charge in [-0.2, -0.15) is 5.01 Å². The number of nitrogens with one attached hydrogen (secondary N) is 1. The molecule has 3 aliphatic heterocycles. The first kappa shape index (κ1) is 38.0. The number of hydrogen-bond acceptors (Lipinski definition) is 7. The number of carbonyl (C=O) groups excluding carboxylic acids is 4. The van der Waals surface area contributed by atoms with Gasteiger partial charge >= 0.3 is 0 Å². The minimum atomic E-state index is -1.59. The van der Waals surface area contributed by atoms with E-state index in [0.717, 1.165) is 30.2 Å². The molecule has 3 heterocycles. The fourth-order valence-corrected chi connectivity index (χ4v) is 10.9. The molecule has 0 bridgehead atoms. The van der Waals surface area contributed by atoms with Crippen molar-refractivity contribution in [1.29, 1.82) is 0 Å². The second-order valence-electron chi connectivity index (χ2n) is 16.3. The van der Waals surface area contributed by atoms with Gasteiger partial charge in [-0.15, -0.1) is 6.58 Å². The molecular formula is C47H44ClFN4O5. The number of rotatable bonds is 9. The van der Waals surface area contributed by atoms with E-state index >= 15 is 4.79 Å². The second-order valence-corrected chi connectivity index (χ2v) is 16.7. The van der Waals surface area contributed by atoms with E-state index in [1.54, 1.807) is 42.5 Å². The number of piperidine rings is 1. The number of phenols is 1. The van der Waals surface area contributed by atoms with Crippen LogP contribution in [-0.4, -0.2) is 62.7 Å². The Kier molecular flexibility index (Phi) is 9.80. The van der Waals surface area contributed by atoms with Gasteiger partial charge < -0.3 is 5.11 Å². The number of carbonyl (C=O) groups is 4. The number of aromatic hydroxyl groups is 1. The van der Waals surface area contributed by atoms with Gasteiger partial charge in [0.1, 0.15) is 11.6 Å². The summed E-state index contributed by atoms with van der Waals surface area (Å²) in [5.41, 5.74) is 5.25. The van der Waals surface area contributed by atoms with Crippen molar-refractivity contribution >= 4 is 40.9 Å². The standard InChI is InChI=1S/C47H44ClFN4O5/c1-2-7-29-10-6-11-37(42(29)54)41-35-20-21-36-40(45(57)52(43(36)55)34-22-24-51(25-23-34)27-28-8-4-3-5-9-28)38(35)26-39-44(56)53(50-33-18-16-32(49)17-19-33)46(58)47(39,41)30-12-14-31(48)15-13-30/h2-6,8-20,34,36,38-41,50,54H,1,7,21-27H2/t36-,38+,39-,40-,41+,47+/m0/s1. The molecule has 3 saturated heterocycles. The zero-order chi connectivity index (χ0) is 40.3. The lowest BCUT2D eigenvalue weighted by Gasteiger charge is -2.50.